The molecule has 2 aromatic carbocycles. The molecule has 114 valence electrons. The Morgan fingerprint density at radius 3 is 2.59 bits per heavy atom. The number of rotatable bonds is 4. The van der Waals surface area contributed by atoms with Crippen LogP contribution in [0.15, 0.2) is 48.5 Å². The van der Waals surface area contributed by atoms with Gasteiger partial charge >= 0.3 is 0 Å². The number of benzene rings is 2. The summed E-state index contributed by atoms with van der Waals surface area (Å²) in [4.78, 5) is 10.3. The van der Waals surface area contributed by atoms with Crippen LogP contribution in [0, 0.1) is 10.1 Å². The number of non-ortho nitro benzene ring substituents is 1. The molecule has 1 aliphatic carbocycles. The summed E-state index contributed by atoms with van der Waals surface area (Å²) in [5.41, 5.74) is 3.34. The van der Waals surface area contributed by atoms with Crippen LogP contribution in [0.4, 0.5) is 5.69 Å². The first-order chi connectivity index (χ1) is 10.6. The van der Waals surface area contributed by atoms with Crippen LogP contribution in [0.5, 0.6) is 0 Å². The van der Waals surface area contributed by atoms with E-state index in [0.29, 0.717) is 6.42 Å². The number of nitro groups is 1. The second kappa shape index (κ2) is 5.87. The fraction of sp³-hybridized carbons (Fsp3) is 0.294. The number of aliphatic hydroxyl groups is 1. The van der Waals surface area contributed by atoms with E-state index < -0.39 is 11.0 Å². The van der Waals surface area contributed by atoms with Gasteiger partial charge in [-0.2, -0.15) is 0 Å². The Morgan fingerprint density at radius 2 is 1.91 bits per heavy atom. The average molecular weight is 298 g/mol. The molecule has 2 N–H and O–H groups in total. The number of aliphatic hydroxyl groups excluding tert-OH is 1. The van der Waals surface area contributed by atoms with Crippen molar-refractivity contribution < 1.29 is 10.0 Å². The predicted octanol–water partition coefficient (Wildman–Crippen LogP) is 2.90. The topological polar surface area (TPSA) is 75.4 Å². The van der Waals surface area contributed by atoms with E-state index in [4.69, 9.17) is 0 Å². The number of nitro benzene ring substituents is 1. The lowest BCUT2D eigenvalue weighted by Crippen LogP contribution is -2.30. The number of fused-ring (bicyclic) bond motifs is 1. The van der Waals surface area contributed by atoms with Gasteiger partial charge < -0.3 is 10.4 Å². The average Bonchev–Trinajstić information content (AvgIpc) is 2.83. The zero-order valence-corrected chi connectivity index (χ0v) is 12.3. The molecule has 0 aromatic heterocycles. The van der Waals surface area contributed by atoms with Crippen molar-refractivity contribution in [1.82, 2.24) is 5.32 Å². The van der Waals surface area contributed by atoms with Gasteiger partial charge in [-0.15, -0.1) is 0 Å². The van der Waals surface area contributed by atoms with Gasteiger partial charge in [-0.3, -0.25) is 10.1 Å². The van der Waals surface area contributed by atoms with Gasteiger partial charge in [0.25, 0.3) is 5.69 Å². The third-order valence-corrected chi connectivity index (χ3v) is 4.24. The van der Waals surface area contributed by atoms with Crippen molar-refractivity contribution >= 4 is 5.69 Å². The van der Waals surface area contributed by atoms with E-state index in [1.165, 1.54) is 17.7 Å². The highest BCUT2D eigenvalue weighted by atomic mass is 16.6. The molecule has 3 atom stereocenters. The molecule has 0 spiro atoms. The zero-order chi connectivity index (χ0) is 15.7. The first-order valence-electron chi connectivity index (χ1n) is 7.32. The van der Waals surface area contributed by atoms with Crippen molar-refractivity contribution in [2.75, 3.05) is 0 Å². The maximum atomic E-state index is 10.7. The van der Waals surface area contributed by atoms with E-state index in [9.17, 15) is 15.2 Å². The summed E-state index contributed by atoms with van der Waals surface area (Å²) in [5.74, 6) is 0. The molecule has 22 heavy (non-hydrogen) atoms. The smallest absolute Gasteiger partial charge is 0.269 e. The van der Waals surface area contributed by atoms with Gasteiger partial charge in [0.05, 0.1) is 17.1 Å². The molecule has 0 radical (unpaired) electrons. The molecule has 0 fully saturated rings. The molecule has 0 bridgehead atoms. The van der Waals surface area contributed by atoms with Crippen LogP contribution in [0.3, 0.4) is 0 Å². The van der Waals surface area contributed by atoms with Crippen molar-refractivity contribution in [3.05, 3.63) is 75.3 Å². The first-order valence-corrected chi connectivity index (χ1v) is 7.32. The van der Waals surface area contributed by atoms with E-state index >= 15 is 0 Å². The Morgan fingerprint density at radius 1 is 1.23 bits per heavy atom. The highest BCUT2D eigenvalue weighted by Gasteiger charge is 2.31. The number of nitrogens with one attached hydrogen (secondary N) is 1. The molecule has 0 saturated carbocycles. The molecule has 5 heteroatoms. The lowest BCUT2D eigenvalue weighted by Gasteiger charge is -2.23. The summed E-state index contributed by atoms with van der Waals surface area (Å²) in [5, 5.41) is 24.4. The van der Waals surface area contributed by atoms with E-state index in [1.54, 1.807) is 12.1 Å². The second-order valence-electron chi connectivity index (χ2n) is 5.68. The van der Waals surface area contributed by atoms with Gasteiger partial charge in [-0.05, 0) is 23.6 Å². The van der Waals surface area contributed by atoms with Crippen LogP contribution in [-0.2, 0) is 6.42 Å². The number of hydrogen-bond acceptors (Lipinski definition) is 4. The fourth-order valence-corrected chi connectivity index (χ4v) is 3.03. The highest BCUT2D eigenvalue weighted by molar-refractivity contribution is 5.38. The van der Waals surface area contributed by atoms with Gasteiger partial charge in [-0.25, -0.2) is 0 Å². The molecule has 3 rings (SSSR count). The molecular formula is C17H18N2O3. The number of hydrogen-bond donors (Lipinski definition) is 2. The van der Waals surface area contributed by atoms with Crippen LogP contribution in [0.2, 0.25) is 0 Å². The summed E-state index contributed by atoms with van der Waals surface area (Å²) in [6, 6.07) is 14.4. The largest absolute Gasteiger partial charge is 0.391 e. The Hall–Kier alpha value is -2.24. The molecule has 0 saturated heterocycles. The Kier molecular flexibility index (Phi) is 3.92. The molecule has 1 unspecified atom stereocenters. The quantitative estimate of drug-likeness (QED) is 0.672. The standard InChI is InChI=1S/C17H18N2O3/c1-11(12-6-8-14(9-7-12)19(21)22)18-17-15-5-3-2-4-13(15)10-16(17)20/h2-9,11,16-18,20H,10H2,1H3/t11?,16-,17+/m0/s1. The molecule has 0 amide bonds. The van der Waals surface area contributed by atoms with E-state index in [-0.39, 0.29) is 17.8 Å². The lowest BCUT2D eigenvalue weighted by molar-refractivity contribution is -0.384. The third kappa shape index (κ3) is 2.73. The van der Waals surface area contributed by atoms with Crippen LogP contribution in [0.25, 0.3) is 0 Å². The van der Waals surface area contributed by atoms with Crippen molar-refractivity contribution in [2.45, 2.75) is 31.5 Å². The molecule has 2 aromatic rings. The minimum atomic E-state index is -0.446. The monoisotopic (exact) mass is 298 g/mol. The first kappa shape index (κ1) is 14.7. The normalized spacial score (nSPS) is 21.4. The maximum absolute atomic E-state index is 10.7. The summed E-state index contributed by atoms with van der Waals surface area (Å²) in [7, 11) is 0. The van der Waals surface area contributed by atoms with Gasteiger partial charge in [0.2, 0.25) is 0 Å². The van der Waals surface area contributed by atoms with Gasteiger partial charge in [0, 0.05) is 24.6 Å². The molecule has 5 nitrogen and oxygen atoms in total. The molecular weight excluding hydrogens is 280 g/mol. The molecule has 0 aliphatic heterocycles. The van der Waals surface area contributed by atoms with Gasteiger partial charge in [0.15, 0.2) is 0 Å². The minimum absolute atomic E-state index is 0.00777. The molecule has 1 aliphatic rings. The highest BCUT2D eigenvalue weighted by Crippen LogP contribution is 2.33. The van der Waals surface area contributed by atoms with Crippen LogP contribution in [-0.4, -0.2) is 16.1 Å². The second-order valence-corrected chi connectivity index (χ2v) is 5.68. The van der Waals surface area contributed by atoms with Crippen molar-refractivity contribution in [3.63, 3.8) is 0 Å². The van der Waals surface area contributed by atoms with E-state index in [1.807, 2.05) is 31.2 Å². The minimum Gasteiger partial charge on any atom is -0.391 e. The van der Waals surface area contributed by atoms with E-state index in [2.05, 4.69) is 5.32 Å². The maximum Gasteiger partial charge on any atom is 0.269 e. The van der Waals surface area contributed by atoms with Crippen molar-refractivity contribution in [3.8, 4) is 0 Å². The summed E-state index contributed by atoms with van der Waals surface area (Å²) >= 11 is 0. The van der Waals surface area contributed by atoms with E-state index in [0.717, 1.165) is 11.1 Å². The van der Waals surface area contributed by atoms with Crippen LogP contribution in [0.1, 0.15) is 35.7 Å². The third-order valence-electron chi connectivity index (χ3n) is 4.24. The van der Waals surface area contributed by atoms with Crippen molar-refractivity contribution in [1.29, 1.82) is 0 Å². The van der Waals surface area contributed by atoms with Crippen LogP contribution < -0.4 is 5.32 Å². The summed E-state index contributed by atoms with van der Waals surface area (Å²) < 4.78 is 0. The van der Waals surface area contributed by atoms with Gasteiger partial charge in [0.1, 0.15) is 0 Å². The van der Waals surface area contributed by atoms with Crippen LogP contribution >= 0.6 is 0 Å². The number of nitrogens with zero attached hydrogens (tertiary/aromatic N) is 1. The summed E-state index contributed by atoms with van der Waals surface area (Å²) in [6.45, 7) is 1.99. The molecule has 0 heterocycles. The predicted molar refractivity (Wildman–Crippen MR) is 83.5 cm³/mol. The lowest BCUT2D eigenvalue weighted by atomic mass is 10.0. The Bertz CT molecular complexity index is 685. The summed E-state index contributed by atoms with van der Waals surface area (Å²) in [6.07, 6.45) is 0.207. The fourth-order valence-electron chi connectivity index (χ4n) is 3.03. The Balaban J connectivity index is 1.77. The SMILES string of the molecule is CC(N[C@@H]1c2ccccc2C[C@@H]1O)c1ccc([N+](=O)[O-])cc1. The Labute approximate surface area is 128 Å². The van der Waals surface area contributed by atoms with Gasteiger partial charge in [-0.1, -0.05) is 36.4 Å². The zero-order valence-electron chi connectivity index (χ0n) is 12.3. The van der Waals surface area contributed by atoms with Crippen molar-refractivity contribution in [2.24, 2.45) is 0 Å².